The Bertz CT molecular complexity index is 755. The molecule has 0 spiro atoms. The lowest BCUT2D eigenvalue weighted by Gasteiger charge is -2.24. The van der Waals surface area contributed by atoms with Crippen molar-refractivity contribution in [2.75, 3.05) is 24.7 Å². The van der Waals surface area contributed by atoms with Crippen LogP contribution in [0, 0.1) is 0 Å². The Morgan fingerprint density at radius 1 is 1.12 bits per heavy atom. The van der Waals surface area contributed by atoms with E-state index in [9.17, 15) is 20.4 Å². The quantitative estimate of drug-likeness (QED) is 0.513. The predicted molar refractivity (Wildman–Crippen MR) is 85.8 cm³/mol. The van der Waals surface area contributed by atoms with Crippen molar-refractivity contribution in [3.63, 3.8) is 0 Å². The van der Waals surface area contributed by atoms with E-state index < -0.39 is 31.1 Å². The highest BCUT2D eigenvalue weighted by Crippen LogP contribution is 2.34. The van der Waals surface area contributed by atoms with Crippen molar-refractivity contribution < 1.29 is 25.2 Å². The van der Waals surface area contributed by atoms with E-state index in [1.54, 1.807) is 0 Å². The average Bonchev–Trinajstić information content (AvgIpc) is 3.33. The fourth-order valence-electron chi connectivity index (χ4n) is 3.65. The van der Waals surface area contributed by atoms with Gasteiger partial charge in [0.15, 0.2) is 23.2 Å². The topological polar surface area (TPSA) is 137 Å². The fourth-order valence-corrected chi connectivity index (χ4v) is 3.65. The third kappa shape index (κ3) is 2.57. The number of aliphatic hydroxyl groups is 4. The van der Waals surface area contributed by atoms with Crippen LogP contribution in [-0.4, -0.2) is 84.1 Å². The van der Waals surface area contributed by atoms with Gasteiger partial charge in [-0.2, -0.15) is 0 Å². The zero-order valence-corrected chi connectivity index (χ0v) is 13.5. The standard InChI is InChI=1S/C15H21N5O5/c21-4-8-2-1-3-19(8)13-10-14(17-6-16-13)20(7-18-10)15-12(24)11(23)9(5-22)25-15/h6-9,11-12,15,21-24H,1-5H2/t8-,9-,11-,12-,15-/m1/s1. The van der Waals surface area contributed by atoms with Gasteiger partial charge in [-0.3, -0.25) is 4.57 Å². The average molecular weight is 351 g/mol. The van der Waals surface area contributed by atoms with Crippen LogP contribution in [0.15, 0.2) is 12.7 Å². The molecule has 4 N–H and O–H groups in total. The molecule has 2 aliphatic heterocycles. The molecule has 10 nitrogen and oxygen atoms in total. The summed E-state index contributed by atoms with van der Waals surface area (Å²) >= 11 is 0. The molecule has 25 heavy (non-hydrogen) atoms. The van der Waals surface area contributed by atoms with E-state index in [1.165, 1.54) is 17.2 Å². The molecule has 0 aliphatic carbocycles. The smallest absolute Gasteiger partial charge is 0.167 e. The maximum absolute atomic E-state index is 10.2. The summed E-state index contributed by atoms with van der Waals surface area (Å²) in [5.41, 5.74) is 1.00. The van der Waals surface area contributed by atoms with E-state index in [0.717, 1.165) is 19.4 Å². The van der Waals surface area contributed by atoms with E-state index in [0.29, 0.717) is 17.0 Å². The highest BCUT2D eigenvalue weighted by molar-refractivity contribution is 5.83. The van der Waals surface area contributed by atoms with Crippen molar-refractivity contribution in [3.8, 4) is 0 Å². The van der Waals surface area contributed by atoms with Gasteiger partial charge >= 0.3 is 0 Å². The Hall–Kier alpha value is -1.85. The molecule has 0 radical (unpaired) electrons. The molecule has 2 aliphatic rings. The van der Waals surface area contributed by atoms with E-state index in [1.807, 2.05) is 4.90 Å². The molecule has 2 saturated heterocycles. The maximum atomic E-state index is 10.2. The molecule has 5 atom stereocenters. The first kappa shape index (κ1) is 16.6. The Balaban J connectivity index is 1.72. The van der Waals surface area contributed by atoms with Gasteiger partial charge in [0.05, 0.1) is 25.6 Å². The molecule has 0 unspecified atom stereocenters. The molecule has 0 bridgehead atoms. The number of anilines is 1. The number of fused-ring (bicyclic) bond motifs is 1. The molecule has 2 fully saturated rings. The molecule has 0 aromatic carbocycles. The van der Waals surface area contributed by atoms with Crippen molar-refractivity contribution in [3.05, 3.63) is 12.7 Å². The molecule has 10 heteroatoms. The summed E-state index contributed by atoms with van der Waals surface area (Å²) in [6.07, 6.45) is 0.584. The summed E-state index contributed by atoms with van der Waals surface area (Å²) in [6.45, 7) is 0.423. The number of rotatable bonds is 4. The van der Waals surface area contributed by atoms with E-state index >= 15 is 0 Å². The number of aromatic nitrogens is 4. The molecule has 0 amide bonds. The van der Waals surface area contributed by atoms with Crippen LogP contribution in [0.1, 0.15) is 19.1 Å². The van der Waals surface area contributed by atoms with E-state index in [2.05, 4.69) is 15.0 Å². The molecule has 4 heterocycles. The number of aliphatic hydroxyl groups excluding tert-OH is 4. The largest absolute Gasteiger partial charge is 0.394 e. The fraction of sp³-hybridized carbons (Fsp3) is 0.667. The predicted octanol–water partition coefficient (Wildman–Crippen LogP) is -1.60. The van der Waals surface area contributed by atoms with Crippen molar-refractivity contribution >= 4 is 17.0 Å². The van der Waals surface area contributed by atoms with Crippen LogP contribution >= 0.6 is 0 Å². The van der Waals surface area contributed by atoms with Crippen LogP contribution in [0.3, 0.4) is 0 Å². The summed E-state index contributed by atoms with van der Waals surface area (Å²) < 4.78 is 7.09. The van der Waals surface area contributed by atoms with Crippen LogP contribution < -0.4 is 4.90 Å². The lowest BCUT2D eigenvalue weighted by Crippen LogP contribution is -2.33. The molecule has 2 aromatic rings. The zero-order valence-electron chi connectivity index (χ0n) is 13.5. The first-order chi connectivity index (χ1) is 12.2. The summed E-state index contributed by atoms with van der Waals surface area (Å²) in [5, 5.41) is 39.0. The second-order valence-corrected chi connectivity index (χ2v) is 6.42. The summed E-state index contributed by atoms with van der Waals surface area (Å²) in [6, 6.07) is -0.00263. The molecule has 2 aromatic heterocycles. The SMILES string of the molecule is OC[C@H]1CCCN1c1ncnc2c1ncn2[C@@H]1O[C@H](CO)[C@@H](O)[C@H]1O. The first-order valence-electron chi connectivity index (χ1n) is 8.33. The molecular weight excluding hydrogens is 330 g/mol. The molecule has 4 rings (SSSR count). The highest BCUT2D eigenvalue weighted by atomic mass is 16.6. The maximum Gasteiger partial charge on any atom is 0.167 e. The minimum Gasteiger partial charge on any atom is -0.394 e. The van der Waals surface area contributed by atoms with Crippen LogP contribution in [-0.2, 0) is 4.74 Å². The van der Waals surface area contributed by atoms with Crippen LogP contribution in [0.5, 0.6) is 0 Å². The zero-order chi connectivity index (χ0) is 17.6. The molecular formula is C15H21N5O5. The van der Waals surface area contributed by atoms with Gasteiger partial charge in [-0.05, 0) is 12.8 Å². The third-order valence-corrected chi connectivity index (χ3v) is 4.99. The van der Waals surface area contributed by atoms with Gasteiger partial charge < -0.3 is 30.1 Å². The van der Waals surface area contributed by atoms with Gasteiger partial charge in [-0.25, -0.2) is 15.0 Å². The van der Waals surface area contributed by atoms with E-state index in [4.69, 9.17) is 4.74 Å². The Labute approximate surface area is 143 Å². The van der Waals surface area contributed by atoms with Crippen LogP contribution in [0.2, 0.25) is 0 Å². The van der Waals surface area contributed by atoms with Crippen LogP contribution in [0.25, 0.3) is 11.2 Å². The summed E-state index contributed by atoms with van der Waals surface area (Å²) in [7, 11) is 0. The number of imidazole rings is 1. The minimum atomic E-state index is -1.20. The van der Waals surface area contributed by atoms with Crippen molar-refractivity contribution in [2.24, 2.45) is 0 Å². The lowest BCUT2D eigenvalue weighted by molar-refractivity contribution is -0.0511. The van der Waals surface area contributed by atoms with Crippen molar-refractivity contribution in [1.82, 2.24) is 19.5 Å². The van der Waals surface area contributed by atoms with Gasteiger partial charge in [-0.15, -0.1) is 0 Å². The normalized spacial score (nSPS) is 32.8. The number of ether oxygens (including phenoxy) is 1. The Morgan fingerprint density at radius 2 is 1.96 bits per heavy atom. The molecule has 136 valence electrons. The highest BCUT2D eigenvalue weighted by Gasteiger charge is 2.44. The number of hydrogen-bond acceptors (Lipinski definition) is 9. The summed E-state index contributed by atoms with van der Waals surface area (Å²) in [5.74, 6) is 0.632. The van der Waals surface area contributed by atoms with Gasteiger partial charge in [0.25, 0.3) is 0 Å². The van der Waals surface area contributed by atoms with Gasteiger partial charge in [0.2, 0.25) is 0 Å². The van der Waals surface area contributed by atoms with E-state index in [-0.39, 0.29) is 12.6 Å². The summed E-state index contributed by atoms with van der Waals surface area (Å²) in [4.78, 5) is 15.0. The van der Waals surface area contributed by atoms with Gasteiger partial charge in [-0.1, -0.05) is 0 Å². The number of hydrogen-bond donors (Lipinski definition) is 4. The second kappa shape index (κ2) is 6.46. The third-order valence-electron chi connectivity index (χ3n) is 4.99. The molecule has 0 saturated carbocycles. The lowest BCUT2D eigenvalue weighted by atomic mass is 10.1. The van der Waals surface area contributed by atoms with Crippen molar-refractivity contribution in [1.29, 1.82) is 0 Å². The minimum absolute atomic E-state index is 0.00263. The number of nitrogens with zero attached hydrogens (tertiary/aromatic N) is 5. The Kier molecular flexibility index (Phi) is 4.29. The van der Waals surface area contributed by atoms with Gasteiger partial charge in [0.1, 0.15) is 24.6 Å². The Morgan fingerprint density at radius 3 is 2.68 bits per heavy atom. The van der Waals surface area contributed by atoms with Crippen LogP contribution in [0.4, 0.5) is 5.82 Å². The second-order valence-electron chi connectivity index (χ2n) is 6.42. The first-order valence-corrected chi connectivity index (χ1v) is 8.33. The van der Waals surface area contributed by atoms with Crippen molar-refractivity contribution in [2.45, 2.75) is 43.4 Å². The monoisotopic (exact) mass is 351 g/mol. The van der Waals surface area contributed by atoms with Gasteiger partial charge in [0, 0.05) is 6.54 Å².